The molecule has 1 aliphatic carbocycles. The Morgan fingerprint density at radius 3 is 2.14 bits per heavy atom. The van der Waals surface area contributed by atoms with Crippen LogP contribution in [0, 0.1) is 5.92 Å². The van der Waals surface area contributed by atoms with Gasteiger partial charge in [0.1, 0.15) is 0 Å². The van der Waals surface area contributed by atoms with Crippen LogP contribution in [0.15, 0.2) is 0 Å². The zero-order valence-corrected chi connectivity index (χ0v) is 12.9. The Hall–Kier alpha value is -1.31. The smallest absolute Gasteiger partial charge is 0.315 e. The molecule has 120 valence electrons. The number of carboxylic acids is 1. The molecule has 1 saturated heterocycles. The van der Waals surface area contributed by atoms with Crippen LogP contribution in [0.3, 0.4) is 0 Å². The number of hydrogen-bond donors (Lipinski definition) is 3. The molecule has 3 N–H and O–H groups in total. The number of nitrogens with one attached hydrogen (secondary N) is 2. The fraction of sp³-hybridized carbons (Fsp3) is 0.846. The summed E-state index contributed by atoms with van der Waals surface area (Å²) in [5, 5.41) is 13.9. The van der Waals surface area contributed by atoms with Gasteiger partial charge in [0, 0.05) is 12.1 Å². The summed E-state index contributed by atoms with van der Waals surface area (Å²) in [7, 11) is -3.08. The summed E-state index contributed by atoms with van der Waals surface area (Å²) >= 11 is 0. The van der Waals surface area contributed by atoms with E-state index in [1.807, 2.05) is 0 Å². The second-order valence-corrected chi connectivity index (χ2v) is 8.45. The molecule has 0 aromatic rings. The second-order valence-electron chi connectivity index (χ2n) is 5.97. The van der Waals surface area contributed by atoms with E-state index in [1.165, 1.54) is 0 Å². The fourth-order valence-electron chi connectivity index (χ4n) is 3.03. The molecule has 0 unspecified atom stereocenters. The largest absolute Gasteiger partial charge is 0.481 e. The van der Waals surface area contributed by atoms with E-state index >= 15 is 0 Å². The zero-order valence-electron chi connectivity index (χ0n) is 12.0. The number of hydrogen-bond acceptors (Lipinski definition) is 4. The molecular weight excluding hydrogens is 296 g/mol. The molecule has 7 nitrogen and oxygen atoms in total. The van der Waals surface area contributed by atoms with Crippen LogP contribution in [-0.2, 0) is 14.6 Å². The monoisotopic (exact) mass is 318 g/mol. The van der Waals surface area contributed by atoms with Crippen LogP contribution < -0.4 is 10.6 Å². The number of aliphatic carboxylic acids is 1. The summed E-state index contributed by atoms with van der Waals surface area (Å²) in [5.74, 6) is -0.975. The quantitative estimate of drug-likeness (QED) is 0.701. The van der Waals surface area contributed by atoms with E-state index < -0.39 is 21.1 Å². The standard InChI is InChI=1S/C13H22N2O5S/c1-8-11(6-7-21(8,19)20)15-13(18)14-10-4-2-9(3-5-10)12(16)17/h8-11H,2-7H2,1H3,(H,16,17)(H2,14,15,18)/t8-,9?,10?,11-/m1/s1. The van der Waals surface area contributed by atoms with Gasteiger partial charge in [-0.1, -0.05) is 0 Å². The topological polar surface area (TPSA) is 113 Å². The van der Waals surface area contributed by atoms with Gasteiger partial charge in [-0.3, -0.25) is 4.79 Å². The third-order valence-corrected chi connectivity index (χ3v) is 6.84. The molecule has 1 aliphatic heterocycles. The maximum atomic E-state index is 11.9. The summed E-state index contributed by atoms with van der Waals surface area (Å²) in [4.78, 5) is 22.8. The molecule has 2 rings (SSSR count). The van der Waals surface area contributed by atoms with Crippen molar-refractivity contribution in [3.63, 3.8) is 0 Å². The van der Waals surface area contributed by atoms with E-state index in [-0.39, 0.29) is 29.8 Å². The van der Waals surface area contributed by atoms with Crippen molar-refractivity contribution in [2.75, 3.05) is 5.75 Å². The van der Waals surface area contributed by atoms with E-state index in [4.69, 9.17) is 5.11 Å². The van der Waals surface area contributed by atoms with Crippen LogP contribution in [0.4, 0.5) is 4.79 Å². The number of amides is 2. The molecule has 2 atom stereocenters. The molecule has 8 heteroatoms. The van der Waals surface area contributed by atoms with Gasteiger partial charge >= 0.3 is 12.0 Å². The molecule has 0 aromatic carbocycles. The van der Waals surface area contributed by atoms with E-state index in [0.717, 1.165) is 0 Å². The number of rotatable bonds is 3. The van der Waals surface area contributed by atoms with Crippen molar-refractivity contribution >= 4 is 21.8 Å². The summed E-state index contributed by atoms with van der Waals surface area (Å²) < 4.78 is 23.2. The van der Waals surface area contributed by atoms with Crippen LogP contribution in [-0.4, -0.2) is 48.6 Å². The van der Waals surface area contributed by atoms with Gasteiger partial charge in [0.05, 0.1) is 16.9 Å². The highest BCUT2D eigenvalue weighted by atomic mass is 32.2. The van der Waals surface area contributed by atoms with Gasteiger partial charge in [0.15, 0.2) is 9.84 Å². The van der Waals surface area contributed by atoms with Crippen molar-refractivity contribution < 1.29 is 23.1 Å². The van der Waals surface area contributed by atoms with Gasteiger partial charge in [0.2, 0.25) is 0 Å². The van der Waals surface area contributed by atoms with Gasteiger partial charge in [-0.2, -0.15) is 0 Å². The molecule has 0 spiro atoms. The number of sulfone groups is 1. The van der Waals surface area contributed by atoms with Crippen molar-refractivity contribution in [3.8, 4) is 0 Å². The van der Waals surface area contributed by atoms with E-state index in [2.05, 4.69) is 10.6 Å². The highest BCUT2D eigenvalue weighted by Gasteiger charge is 2.37. The van der Waals surface area contributed by atoms with Crippen LogP contribution in [0.1, 0.15) is 39.0 Å². The minimum Gasteiger partial charge on any atom is -0.481 e. The van der Waals surface area contributed by atoms with Crippen molar-refractivity contribution in [2.24, 2.45) is 5.92 Å². The van der Waals surface area contributed by atoms with Crippen molar-refractivity contribution in [3.05, 3.63) is 0 Å². The van der Waals surface area contributed by atoms with Crippen LogP contribution >= 0.6 is 0 Å². The first-order valence-electron chi connectivity index (χ1n) is 7.31. The fourth-order valence-corrected chi connectivity index (χ4v) is 4.69. The molecule has 1 saturated carbocycles. The predicted octanol–water partition coefficient (Wildman–Crippen LogP) is 0.505. The molecule has 2 amide bonds. The van der Waals surface area contributed by atoms with Crippen LogP contribution in [0.25, 0.3) is 0 Å². The lowest BCUT2D eigenvalue weighted by atomic mass is 9.86. The Bertz CT molecular complexity index is 511. The van der Waals surface area contributed by atoms with Crippen molar-refractivity contribution in [1.29, 1.82) is 0 Å². The zero-order chi connectivity index (χ0) is 15.6. The van der Waals surface area contributed by atoms with Gasteiger partial charge in [0.25, 0.3) is 0 Å². The number of carbonyl (C=O) groups is 2. The molecule has 2 aliphatic rings. The molecule has 2 fully saturated rings. The Kier molecular flexibility index (Phi) is 4.75. The Morgan fingerprint density at radius 2 is 1.67 bits per heavy atom. The minimum atomic E-state index is -3.08. The Balaban J connectivity index is 1.77. The molecule has 0 aromatic heterocycles. The second kappa shape index (κ2) is 6.21. The lowest BCUT2D eigenvalue weighted by Gasteiger charge is -2.27. The minimum absolute atomic E-state index is 0.0334. The van der Waals surface area contributed by atoms with E-state index in [9.17, 15) is 18.0 Å². The van der Waals surface area contributed by atoms with Gasteiger partial charge in [-0.05, 0) is 39.0 Å². The molecule has 0 bridgehead atoms. The molecule has 1 heterocycles. The number of carbonyl (C=O) groups excluding carboxylic acids is 1. The molecule has 21 heavy (non-hydrogen) atoms. The highest BCUT2D eigenvalue weighted by molar-refractivity contribution is 7.92. The predicted molar refractivity (Wildman–Crippen MR) is 76.7 cm³/mol. The van der Waals surface area contributed by atoms with E-state index in [1.54, 1.807) is 6.92 Å². The van der Waals surface area contributed by atoms with Crippen molar-refractivity contribution in [2.45, 2.75) is 56.4 Å². The lowest BCUT2D eigenvalue weighted by molar-refractivity contribution is -0.142. The first-order valence-corrected chi connectivity index (χ1v) is 9.02. The van der Waals surface area contributed by atoms with Gasteiger partial charge < -0.3 is 15.7 Å². The summed E-state index contributed by atoms with van der Waals surface area (Å²) in [6, 6.07) is -0.734. The number of carboxylic acid groups (broad SMARTS) is 1. The highest BCUT2D eigenvalue weighted by Crippen LogP contribution is 2.24. The van der Waals surface area contributed by atoms with E-state index in [0.29, 0.717) is 32.1 Å². The van der Waals surface area contributed by atoms with Crippen molar-refractivity contribution in [1.82, 2.24) is 10.6 Å². The maximum Gasteiger partial charge on any atom is 0.315 e. The SMILES string of the molecule is C[C@@H]1[C@H](NC(=O)NC2CCC(C(=O)O)CC2)CCS1(=O)=O. The normalized spacial score (nSPS) is 35.1. The Morgan fingerprint density at radius 1 is 1.05 bits per heavy atom. The lowest BCUT2D eigenvalue weighted by Crippen LogP contribution is -2.49. The first kappa shape index (κ1) is 16.1. The summed E-state index contributed by atoms with van der Waals surface area (Å²) in [6.07, 6.45) is 2.86. The summed E-state index contributed by atoms with van der Waals surface area (Å²) in [6.45, 7) is 1.62. The molecular formula is C13H22N2O5S. The van der Waals surface area contributed by atoms with Gasteiger partial charge in [-0.15, -0.1) is 0 Å². The third-order valence-electron chi connectivity index (χ3n) is 4.57. The van der Waals surface area contributed by atoms with Gasteiger partial charge in [-0.25, -0.2) is 13.2 Å². The average Bonchev–Trinajstić information content (AvgIpc) is 2.66. The van der Waals surface area contributed by atoms with Crippen LogP contribution in [0.2, 0.25) is 0 Å². The molecule has 0 radical (unpaired) electrons. The maximum absolute atomic E-state index is 11.9. The number of urea groups is 1. The Labute approximate surface area is 124 Å². The average molecular weight is 318 g/mol. The first-order chi connectivity index (χ1) is 9.79. The summed E-state index contributed by atoms with van der Waals surface area (Å²) in [5.41, 5.74) is 0. The van der Waals surface area contributed by atoms with Crippen LogP contribution in [0.5, 0.6) is 0 Å². The third kappa shape index (κ3) is 3.87.